The second-order valence-electron chi connectivity index (χ2n) is 5.52. The van der Waals surface area contributed by atoms with E-state index in [1.807, 2.05) is 12.2 Å². The van der Waals surface area contributed by atoms with Crippen LogP contribution in [0.25, 0.3) is 11.1 Å². The fourth-order valence-electron chi connectivity index (χ4n) is 3.54. The molecule has 1 aliphatic carbocycles. The number of benzene rings is 2. The second-order valence-corrected chi connectivity index (χ2v) is 5.52. The molecule has 2 aromatic rings. The number of allylic oxidation sites excluding steroid dienone is 2. The predicted molar refractivity (Wildman–Crippen MR) is 88.3 cm³/mol. The quantitative estimate of drug-likeness (QED) is 0.799. The first-order chi connectivity index (χ1) is 10.3. The van der Waals surface area contributed by atoms with Crippen molar-refractivity contribution < 1.29 is 5.11 Å². The molecule has 0 aromatic heterocycles. The van der Waals surface area contributed by atoms with E-state index in [0.29, 0.717) is 0 Å². The zero-order chi connectivity index (χ0) is 14.7. The normalized spacial score (nSPS) is 14.9. The Morgan fingerprint density at radius 1 is 0.857 bits per heavy atom. The average molecular weight is 276 g/mol. The highest BCUT2D eigenvalue weighted by Crippen LogP contribution is 2.52. The monoisotopic (exact) mass is 276 g/mol. The van der Waals surface area contributed by atoms with Gasteiger partial charge in [-0.15, -0.1) is 6.58 Å². The predicted octanol–water partition coefficient (Wildman–Crippen LogP) is 4.47. The maximum absolute atomic E-state index is 9.04. The molecule has 1 nitrogen and oxygen atoms in total. The van der Waals surface area contributed by atoms with Crippen LogP contribution in [0.2, 0.25) is 0 Å². The van der Waals surface area contributed by atoms with Gasteiger partial charge in [-0.25, -0.2) is 0 Å². The minimum atomic E-state index is -0.0550. The van der Waals surface area contributed by atoms with Crippen LogP contribution in [-0.2, 0) is 5.41 Å². The Labute approximate surface area is 126 Å². The van der Waals surface area contributed by atoms with Crippen LogP contribution in [0.3, 0.4) is 0 Å². The van der Waals surface area contributed by atoms with Gasteiger partial charge in [0, 0.05) is 5.41 Å². The van der Waals surface area contributed by atoms with Crippen molar-refractivity contribution in [1.29, 1.82) is 0 Å². The molecule has 106 valence electrons. The number of hydrogen-bond donors (Lipinski definition) is 1. The standard InChI is InChI=1S/C20H20O/c1-2-13-20(14-7-8-15-21)18-11-5-3-9-16(18)17-10-4-6-12-19(17)20/h2-12,21H,1,13-15H2. The summed E-state index contributed by atoms with van der Waals surface area (Å²) in [7, 11) is 0. The van der Waals surface area contributed by atoms with E-state index in [1.165, 1.54) is 22.3 Å². The summed E-state index contributed by atoms with van der Waals surface area (Å²) in [6.45, 7) is 4.06. The zero-order valence-electron chi connectivity index (χ0n) is 12.1. The van der Waals surface area contributed by atoms with Gasteiger partial charge in [-0.3, -0.25) is 0 Å². The summed E-state index contributed by atoms with van der Waals surface area (Å²) in [4.78, 5) is 0. The summed E-state index contributed by atoms with van der Waals surface area (Å²) in [5.41, 5.74) is 5.34. The highest BCUT2D eigenvalue weighted by atomic mass is 16.2. The van der Waals surface area contributed by atoms with E-state index >= 15 is 0 Å². The number of fused-ring (bicyclic) bond motifs is 3. The van der Waals surface area contributed by atoms with E-state index in [1.54, 1.807) is 0 Å². The molecule has 0 bridgehead atoms. The van der Waals surface area contributed by atoms with Crippen molar-refractivity contribution in [2.45, 2.75) is 18.3 Å². The van der Waals surface area contributed by atoms with Crippen molar-refractivity contribution in [3.63, 3.8) is 0 Å². The smallest absolute Gasteiger partial charge is 0.0612 e. The molecule has 1 heteroatoms. The zero-order valence-corrected chi connectivity index (χ0v) is 12.1. The van der Waals surface area contributed by atoms with Gasteiger partial charge < -0.3 is 5.11 Å². The number of hydrogen-bond acceptors (Lipinski definition) is 1. The van der Waals surface area contributed by atoms with Crippen molar-refractivity contribution in [3.8, 4) is 11.1 Å². The van der Waals surface area contributed by atoms with Gasteiger partial charge in [-0.1, -0.05) is 66.8 Å². The molecule has 0 radical (unpaired) electrons. The third-order valence-electron chi connectivity index (χ3n) is 4.41. The molecule has 0 heterocycles. The van der Waals surface area contributed by atoms with Crippen LogP contribution < -0.4 is 0 Å². The summed E-state index contributed by atoms with van der Waals surface area (Å²) >= 11 is 0. The van der Waals surface area contributed by atoms with Gasteiger partial charge in [0.1, 0.15) is 0 Å². The molecule has 0 fully saturated rings. The van der Waals surface area contributed by atoms with Gasteiger partial charge in [-0.2, -0.15) is 0 Å². The molecular formula is C20H20O. The SMILES string of the molecule is C=CCC1(CC=CCO)c2ccccc2-c2ccccc21. The van der Waals surface area contributed by atoms with Gasteiger partial charge in [0.05, 0.1) is 6.61 Å². The Kier molecular flexibility index (Phi) is 3.76. The Bertz CT molecular complexity index is 636. The van der Waals surface area contributed by atoms with Crippen LogP contribution in [-0.4, -0.2) is 11.7 Å². The van der Waals surface area contributed by atoms with Gasteiger partial charge in [-0.05, 0) is 35.1 Å². The topological polar surface area (TPSA) is 20.2 Å². The number of aliphatic hydroxyl groups is 1. The summed E-state index contributed by atoms with van der Waals surface area (Å²) < 4.78 is 0. The highest BCUT2D eigenvalue weighted by molar-refractivity contribution is 5.81. The fourth-order valence-corrected chi connectivity index (χ4v) is 3.54. The van der Waals surface area contributed by atoms with E-state index in [9.17, 15) is 0 Å². The van der Waals surface area contributed by atoms with Crippen LogP contribution in [0.1, 0.15) is 24.0 Å². The fraction of sp³-hybridized carbons (Fsp3) is 0.200. The number of rotatable bonds is 5. The highest BCUT2D eigenvalue weighted by Gasteiger charge is 2.40. The molecule has 0 unspecified atom stereocenters. The molecule has 0 saturated heterocycles. The van der Waals surface area contributed by atoms with Gasteiger partial charge in [0.15, 0.2) is 0 Å². The van der Waals surface area contributed by atoms with Crippen LogP contribution >= 0.6 is 0 Å². The third-order valence-corrected chi connectivity index (χ3v) is 4.41. The minimum absolute atomic E-state index is 0.0550. The van der Waals surface area contributed by atoms with Crippen molar-refractivity contribution in [1.82, 2.24) is 0 Å². The van der Waals surface area contributed by atoms with E-state index in [0.717, 1.165) is 12.8 Å². The van der Waals surface area contributed by atoms with E-state index < -0.39 is 0 Å². The molecular weight excluding hydrogens is 256 g/mol. The molecule has 2 aromatic carbocycles. The lowest BCUT2D eigenvalue weighted by atomic mass is 9.73. The Morgan fingerprint density at radius 3 is 1.95 bits per heavy atom. The summed E-state index contributed by atoms with van der Waals surface area (Å²) in [5, 5.41) is 9.04. The third kappa shape index (κ3) is 2.14. The lowest BCUT2D eigenvalue weighted by molar-refractivity contribution is 0.342. The summed E-state index contributed by atoms with van der Waals surface area (Å²) in [5.74, 6) is 0. The van der Waals surface area contributed by atoms with Crippen LogP contribution in [0, 0.1) is 0 Å². The van der Waals surface area contributed by atoms with Crippen LogP contribution in [0.4, 0.5) is 0 Å². The van der Waals surface area contributed by atoms with Crippen LogP contribution in [0.15, 0.2) is 73.3 Å². The van der Waals surface area contributed by atoms with Crippen molar-refractivity contribution >= 4 is 0 Å². The molecule has 21 heavy (non-hydrogen) atoms. The molecule has 0 atom stereocenters. The Hall–Kier alpha value is -2.12. The lowest BCUT2D eigenvalue weighted by Crippen LogP contribution is -2.23. The molecule has 0 amide bonds. The summed E-state index contributed by atoms with van der Waals surface area (Å²) in [6, 6.07) is 17.3. The molecule has 0 aliphatic heterocycles. The molecule has 0 saturated carbocycles. The van der Waals surface area contributed by atoms with Gasteiger partial charge in [0.25, 0.3) is 0 Å². The van der Waals surface area contributed by atoms with Crippen LogP contribution in [0.5, 0.6) is 0 Å². The van der Waals surface area contributed by atoms with Crippen molar-refractivity contribution in [2.24, 2.45) is 0 Å². The first-order valence-corrected chi connectivity index (χ1v) is 7.39. The maximum atomic E-state index is 9.04. The first kappa shape index (κ1) is 13.8. The lowest BCUT2D eigenvalue weighted by Gasteiger charge is -2.30. The first-order valence-electron chi connectivity index (χ1n) is 7.39. The largest absolute Gasteiger partial charge is 0.392 e. The van der Waals surface area contributed by atoms with Crippen molar-refractivity contribution in [2.75, 3.05) is 6.61 Å². The van der Waals surface area contributed by atoms with E-state index in [4.69, 9.17) is 5.11 Å². The van der Waals surface area contributed by atoms with E-state index in [-0.39, 0.29) is 12.0 Å². The summed E-state index contributed by atoms with van der Waals surface area (Å²) in [6.07, 6.45) is 7.70. The van der Waals surface area contributed by atoms with E-state index in [2.05, 4.69) is 61.2 Å². The second kappa shape index (κ2) is 5.71. The molecule has 3 rings (SSSR count). The van der Waals surface area contributed by atoms with Gasteiger partial charge in [0.2, 0.25) is 0 Å². The maximum Gasteiger partial charge on any atom is 0.0612 e. The number of aliphatic hydroxyl groups excluding tert-OH is 1. The Balaban J connectivity index is 2.22. The average Bonchev–Trinajstić information content (AvgIpc) is 2.80. The molecule has 0 spiro atoms. The minimum Gasteiger partial charge on any atom is -0.392 e. The van der Waals surface area contributed by atoms with Crippen molar-refractivity contribution in [3.05, 3.63) is 84.5 Å². The Morgan fingerprint density at radius 2 is 1.43 bits per heavy atom. The van der Waals surface area contributed by atoms with Gasteiger partial charge >= 0.3 is 0 Å². The molecule has 1 aliphatic rings. The molecule has 1 N–H and O–H groups in total.